The second kappa shape index (κ2) is 8.16. The van der Waals surface area contributed by atoms with Crippen LogP contribution in [0.2, 0.25) is 0 Å². The van der Waals surface area contributed by atoms with E-state index in [2.05, 4.69) is 21.7 Å². The highest BCUT2D eigenvalue weighted by Crippen LogP contribution is 2.29. The number of aromatic amines is 1. The van der Waals surface area contributed by atoms with E-state index in [0.717, 1.165) is 21.8 Å². The second-order valence-electron chi connectivity index (χ2n) is 6.81. The number of hydrogen-bond donors (Lipinski definition) is 3. The molecule has 3 N–H and O–H groups in total. The Hall–Kier alpha value is -4.00. The Labute approximate surface area is 173 Å². The normalized spacial score (nSPS) is 10.7. The largest absolute Gasteiger partial charge is 0.495 e. The van der Waals surface area contributed by atoms with Gasteiger partial charge in [-0.15, -0.1) is 0 Å². The van der Waals surface area contributed by atoms with Crippen molar-refractivity contribution in [2.24, 2.45) is 0 Å². The van der Waals surface area contributed by atoms with Crippen molar-refractivity contribution in [1.82, 2.24) is 4.98 Å². The summed E-state index contributed by atoms with van der Waals surface area (Å²) in [4.78, 5) is 27.0. The van der Waals surface area contributed by atoms with Gasteiger partial charge in [-0.1, -0.05) is 18.2 Å². The number of nitrogens with one attached hydrogen (secondary N) is 3. The molecule has 0 atom stereocenters. The first kappa shape index (κ1) is 19.3. The minimum absolute atomic E-state index is 0.167. The van der Waals surface area contributed by atoms with Crippen LogP contribution in [0.3, 0.4) is 0 Å². The Kier molecular flexibility index (Phi) is 5.26. The van der Waals surface area contributed by atoms with E-state index in [0.29, 0.717) is 22.9 Å². The van der Waals surface area contributed by atoms with Crippen LogP contribution < -0.4 is 20.1 Å². The lowest BCUT2D eigenvalue weighted by atomic mass is 10.1. The third kappa shape index (κ3) is 4.05. The lowest BCUT2D eigenvalue weighted by Gasteiger charge is -2.13. The van der Waals surface area contributed by atoms with E-state index in [4.69, 9.17) is 9.47 Å². The molecule has 1 aromatic heterocycles. The molecule has 0 aliphatic carbocycles. The first-order valence-corrected chi connectivity index (χ1v) is 9.42. The number of hydrogen-bond acceptors (Lipinski definition) is 4. The Morgan fingerprint density at radius 3 is 2.53 bits per heavy atom. The van der Waals surface area contributed by atoms with E-state index in [9.17, 15) is 9.59 Å². The minimum Gasteiger partial charge on any atom is -0.495 e. The van der Waals surface area contributed by atoms with Gasteiger partial charge in [-0.2, -0.15) is 0 Å². The number of carbonyl (C=O) groups is 2. The molecule has 0 bridgehead atoms. The predicted octanol–water partition coefficient (Wildman–Crippen LogP) is 4.31. The lowest BCUT2D eigenvalue weighted by Crippen LogP contribution is -2.20. The summed E-state index contributed by atoms with van der Waals surface area (Å²) >= 11 is 0. The molecule has 0 aliphatic heterocycles. The summed E-state index contributed by atoms with van der Waals surface area (Å²) in [5.74, 6) is 0.526. The number of benzene rings is 3. The summed E-state index contributed by atoms with van der Waals surface area (Å²) in [5, 5.41) is 7.67. The highest BCUT2D eigenvalue weighted by molar-refractivity contribution is 6.07. The van der Waals surface area contributed by atoms with Crippen molar-refractivity contribution < 1.29 is 19.1 Å². The van der Waals surface area contributed by atoms with Crippen molar-refractivity contribution in [3.8, 4) is 11.5 Å². The molecule has 3 aromatic carbocycles. The zero-order chi connectivity index (χ0) is 21.1. The molecule has 0 saturated heterocycles. The number of H-pyrrole nitrogens is 1. The SMILES string of the molecule is COc1ccc(NC(C)=O)cc1NC(=O)COc1ccc2c(c1)[nH]c1ccccc12. The molecule has 0 radical (unpaired) electrons. The molecular formula is C23H21N3O4. The molecule has 30 heavy (non-hydrogen) atoms. The third-order valence-electron chi connectivity index (χ3n) is 4.64. The van der Waals surface area contributed by atoms with Crippen LogP contribution in [0.4, 0.5) is 11.4 Å². The Morgan fingerprint density at radius 2 is 1.73 bits per heavy atom. The maximum Gasteiger partial charge on any atom is 0.262 e. The van der Waals surface area contributed by atoms with Gasteiger partial charge in [0, 0.05) is 35.0 Å². The zero-order valence-corrected chi connectivity index (χ0v) is 16.6. The van der Waals surface area contributed by atoms with Crippen LogP contribution in [0.25, 0.3) is 21.8 Å². The Balaban J connectivity index is 1.46. The molecule has 2 amide bonds. The number of fused-ring (bicyclic) bond motifs is 3. The van der Waals surface area contributed by atoms with E-state index in [1.807, 2.05) is 36.4 Å². The van der Waals surface area contributed by atoms with Gasteiger partial charge >= 0.3 is 0 Å². The van der Waals surface area contributed by atoms with Crippen molar-refractivity contribution in [2.45, 2.75) is 6.92 Å². The number of rotatable bonds is 6. The third-order valence-corrected chi connectivity index (χ3v) is 4.64. The molecule has 0 aliphatic rings. The Morgan fingerprint density at radius 1 is 0.933 bits per heavy atom. The van der Waals surface area contributed by atoms with Crippen LogP contribution >= 0.6 is 0 Å². The van der Waals surface area contributed by atoms with E-state index in [1.165, 1.54) is 14.0 Å². The second-order valence-corrected chi connectivity index (χ2v) is 6.81. The van der Waals surface area contributed by atoms with Crippen molar-refractivity contribution in [3.63, 3.8) is 0 Å². The van der Waals surface area contributed by atoms with Gasteiger partial charge in [-0.25, -0.2) is 0 Å². The molecule has 0 unspecified atom stereocenters. The van der Waals surface area contributed by atoms with E-state index < -0.39 is 0 Å². The smallest absolute Gasteiger partial charge is 0.262 e. The molecule has 4 aromatic rings. The van der Waals surface area contributed by atoms with E-state index in [1.54, 1.807) is 18.2 Å². The number of anilines is 2. The highest BCUT2D eigenvalue weighted by atomic mass is 16.5. The number of carbonyl (C=O) groups excluding carboxylic acids is 2. The van der Waals surface area contributed by atoms with Gasteiger partial charge in [-0.05, 0) is 36.4 Å². The number of methoxy groups -OCH3 is 1. The fourth-order valence-electron chi connectivity index (χ4n) is 3.35. The van der Waals surface area contributed by atoms with Gasteiger partial charge in [0.15, 0.2) is 6.61 Å². The van der Waals surface area contributed by atoms with Gasteiger partial charge in [0.2, 0.25) is 5.91 Å². The molecule has 7 nitrogen and oxygen atoms in total. The average Bonchev–Trinajstić information content (AvgIpc) is 3.10. The fourth-order valence-corrected chi connectivity index (χ4v) is 3.35. The quantitative estimate of drug-likeness (QED) is 0.447. The zero-order valence-electron chi connectivity index (χ0n) is 16.6. The lowest BCUT2D eigenvalue weighted by molar-refractivity contribution is -0.118. The Bertz CT molecular complexity index is 1250. The fraction of sp³-hybridized carbons (Fsp3) is 0.130. The van der Waals surface area contributed by atoms with E-state index in [-0.39, 0.29) is 18.4 Å². The topological polar surface area (TPSA) is 92.5 Å². The summed E-state index contributed by atoms with van der Waals surface area (Å²) < 4.78 is 10.9. The number of para-hydroxylation sites is 1. The molecule has 7 heteroatoms. The van der Waals surface area contributed by atoms with Crippen molar-refractivity contribution >= 4 is 45.0 Å². The predicted molar refractivity (Wildman–Crippen MR) is 117 cm³/mol. The van der Waals surface area contributed by atoms with Crippen molar-refractivity contribution in [2.75, 3.05) is 24.4 Å². The van der Waals surface area contributed by atoms with Crippen LogP contribution in [-0.2, 0) is 9.59 Å². The summed E-state index contributed by atoms with van der Waals surface area (Å²) in [6, 6.07) is 18.8. The summed E-state index contributed by atoms with van der Waals surface area (Å²) in [5.41, 5.74) is 3.00. The average molecular weight is 403 g/mol. The van der Waals surface area contributed by atoms with Crippen LogP contribution in [0.15, 0.2) is 60.7 Å². The van der Waals surface area contributed by atoms with Crippen molar-refractivity contribution in [1.29, 1.82) is 0 Å². The maximum atomic E-state index is 12.4. The molecular weight excluding hydrogens is 382 g/mol. The monoisotopic (exact) mass is 403 g/mol. The number of amides is 2. The first-order chi connectivity index (χ1) is 14.5. The molecule has 0 fully saturated rings. The van der Waals surface area contributed by atoms with Crippen LogP contribution in [0.5, 0.6) is 11.5 Å². The van der Waals surface area contributed by atoms with Crippen molar-refractivity contribution in [3.05, 3.63) is 60.7 Å². The van der Waals surface area contributed by atoms with Gasteiger partial charge in [0.05, 0.1) is 18.3 Å². The molecule has 0 spiro atoms. The van der Waals surface area contributed by atoms with Gasteiger partial charge in [-0.3, -0.25) is 9.59 Å². The van der Waals surface area contributed by atoms with Gasteiger partial charge in [0.25, 0.3) is 5.91 Å². The van der Waals surface area contributed by atoms with Gasteiger partial charge < -0.3 is 25.1 Å². The number of ether oxygens (including phenoxy) is 2. The van der Waals surface area contributed by atoms with Gasteiger partial charge in [0.1, 0.15) is 11.5 Å². The number of aromatic nitrogens is 1. The highest BCUT2D eigenvalue weighted by Gasteiger charge is 2.11. The molecule has 1 heterocycles. The summed E-state index contributed by atoms with van der Waals surface area (Å²) in [6.45, 7) is 1.25. The minimum atomic E-state index is -0.343. The van der Waals surface area contributed by atoms with E-state index >= 15 is 0 Å². The van der Waals surface area contributed by atoms with Crippen LogP contribution in [0, 0.1) is 0 Å². The molecule has 152 valence electrons. The molecule has 4 rings (SSSR count). The summed E-state index contributed by atoms with van der Waals surface area (Å²) in [7, 11) is 1.51. The molecule has 0 saturated carbocycles. The van der Waals surface area contributed by atoms with Crippen LogP contribution in [-0.4, -0.2) is 30.5 Å². The summed E-state index contributed by atoms with van der Waals surface area (Å²) in [6.07, 6.45) is 0. The maximum absolute atomic E-state index is 12.4. The first-order valence-electron chi connectivity index (χ1n) is 9.42. The van der Waals surface area contributed by atoms with Crippen LogP contribution in [0.1, 0.15) is 6.92 Å². The standard InChI is InChI=1S/C23H21N3O4/c1-14(27)24-15-7-10-22(29-2)21(11-15)26-23(28)13-30-16-8-9-18-17-5-3-4-6-19(17)25-20(18)12-16/h3-12,25H,13H2,1-2H3,(H,24,27)(H,26,28).